The summed E-state index contributed by atoms with van der Waals surface area (Å²) in [5, 5.41) is 13.3. The lowest BCUT2D eigenvalue weighted by Crippen LogP contribution is -1.76. The molecule has 0 spiro atoms. The van der Waals surface area contributed by atoms with Gasteiger partial charge >= 0.3 is 0 Å². The maximum absolute atomic E-state index is 9.53. The molecule has 0 saturated carbocycles. The summed E-state index contributed by atoms with van der Waals surface area (Å²) in [5.41, 5.74) is 1.24. The first kappa shape index (κ1) is 9.09. The number of alkyl halides is 1. The quantitative estimate of drug-likeness (QED) is 0.774. The van der Waals surface area contributed by atoms with E-state index in [4.69, 9.17) is 16.1 Å². The molecule has 0 saturated heterocycles. The number of hydrogen-bond donors (Lipinski definition) is 1. The largest absolute Gasteiger partial charge is 0.507 e. The number of para-hydroxylation sites is 1. The van der Waals surface area contributed by atoms with Gasteiger partial charge in [0.15, 0.2) is 5.76 Å². The van der Waals surface area contributed by atoms with E-state index in [0.29, 0.717) is 17.0 Å². The second kappa shape index (κ2) is 3.72. The highest BCUT2D eigenvalue weighted by Gasteiger charge is 2.08. The minimum atomic E-state index is 0.182. The average Bonchev–Trinajstić information content (AvgIpc) is 2.67. The lowest BCUT2D eigenvalue weighted by atomic mass is 10.1. The van der Waals surface area contributed by atoms with E-state index in [9.17, 15) is 5.11 Å². The van der Waals surface area contributed by atoms with Gasteiger partial charge in [0.2, 0.25) is 0 Å². The van der Waals surface area contributed by atoms with Gasteiger partial charge in [-0.15, -0.1) is 11.6 Å². The third-order valence-corrected chi connectivity index (χ3v) is 2.13. The molecule has 0 bridgehead atoms. The van der Waals surface area contributed by atoms with Crippen LogP contribution in [-0.4, -0.2) is 10.3 Å². The fourth-order valence-corrected chi connectivity index (χ4v) is 1.32. The zero-order valence-corrected chi connectivity index (χ0v) is 8.03. The molecule has 72 valence electrons. The Balaban J connectivity index is 2.44. The lowest BCUT2D eigenvalue weighted by Gasteiger charge is -1.97. The van der Waals surface area contributed by atoms with Crippen LogP contribution >= 0.6 is 11.6 Å². The molecule has 1 N–H and O–H groups in total. The van der Waals surface area contributed by atoms with Crippen LogP contribution in [0, 0.1) is 0 Å². The Morgan fingerprint density at radius 1 is 1.36 bits per heavy atom. The van der Waals surface area contributed by atoms with Gasteiger partial charge in [0, 0.05) is 11.6 Å². The fraction of sp³-hybridized carbons (Fsp3) is 0.100. The highest BCUT2D eigenvalue weighted by Crippen LogP contribution is 2.28. The monoisotopic (exact) mass is 209 g/mol. The first-order chi connectivity index (χ1) is 6.81. The van der Waals surface area contributed by atoms with E-state index < -0.39 is 0 Å². The third-order valence-electron chi connectivity index (χ3n) is 1.87. The van der Waals surface area contributed by atoms with Crippen molar-refractivity contribution in [2.45, 2.75) is 5.88 Å². The van der Waals surface area contributed by atoms with Crippen LogP contribution < -0.4 is 0 Å². The van der Waals surface area contributed by atoms with Crippen LogP contribution in [0.2, 0.25) is 0 Å². The molecule has 0 radical (unpaired) electrons. The van der Waals surface area contributed by atoms with E-state index in [1.807, 2.05) is 6.07 Å². The van der Waals surface area contributed by atoms with Crippen molar-refractivity contribution in [3.63, 3.8) is 0 Å². The number of rotatable bonds is 2. The van der Waals surface area contributed by atoms with Crippen LogP contribution in [0.4, 0.5) is 0 Å². The summed E-state index contributed by atoms with van der Waals surface area (Å²) in [5.74, 6) is 1.05. The molecule has 0 aliphatic heterocycles. The van der Waals surface area contributed by atoms with E-state index in [-0.39, 0.29) is 11.6 Å². The van der Waals surface area contributed by atoms with Crippen LogP contribution in [0.15, 0.2) is 34.9 Å². The Labute approximate surface area is 85.9 Å². The van der Waals surface area contributed by atoms with Crippen molar-refractivity contribution in [1.82, 2.24) is 5.16 Å². The highest BCUT2D eigenvalue weighted by atomic mass is 35.5. The van der Waals surface area contributed by atoms with Gasteiger partial charge in [0.05, 0.1) is 5.88 Å². The number of aromatic hydroxyl groups is 1. The van der Waals surface area contributed by atoms with Crippen molar-refractivity contribution in [3.8, 4) is 17.0 Å². The van der Waals surface area contributed by atoms with Crippen LogP contribution in [-0.2, 0) is 5.88 Å². The predicted molar refractivity (Wildman–Crippen MR) is 53.2 cm³/mol. The molecule has 4 heteroatoms. The number of phenols is 1. The molecule has 2 aromatic rings. The zero-order chi connectivity index (χ0) is 9.97. The Kier molecular flexibility index (Phi) is 2.41. The third kappa shape index (κ3) is 1.59. The molecule has 0 aliphatic rings. The van der Waals surface area contributed by atoms with Crippen LogP contribution in [0.5, 0.6) is 5.75 Å². The van der Waals surface area contributed by atoms with Crippen molar-refractivity contribution >= 4 is 11.6 Å². The normalized spacial score (nSPS) is 10.4. The number of halogens is 1. The molecule has 14 heavy (non-hydrogen) atoms. The molecular weight excluding hydrogens is 202 g/mol. The number of nitrogens with zero attached hydrogens (tertiary/aromatic N) is 1. The lowest BCUT2D eigenvalue weighted by molar-refractivity contribution is 0.396. The van der Waals surface area contributed by atoms with Crippen molar-refractivity contribution in [1.29, 1.82) is 0 Å². The molecule has 1 aromatic carbocycles. The Hall–Kier alpha value is -1.48. The predicted octanol–water partition coefficient (Wildman–Crippen LogP) is 2.79. The van der Waals surface area contributed by atoms with Gasteiger partial charge in [-0.25, -0.2) is 0 Å². The number of hydrogen-bond acceptors (Lipinski definition) is 3. The first-order valence-electron chi connectivity index (χ1n) is 4.11. The Morgan fingerprint density at radius 3 is 2.79 bits per heavy atom. The minimum absolute atomic E-state index is 0.182. The summed E-state index contributed by atoms with van der Waals surface area (Å²) < 4.78 is 4.93. The molecule has 0 fully saturated rings. The smallest absolute Gasteiger partial charge is 0.152 e. The highest BCUT2D eigenvalue weighted by molar-refractivity contribution is 6.16. The van der Waals surface area contributed by atoms with Gasteiger partial charge < -0.3 is 9.63 Å². The van der Waals surface area contributed by atoms with E-state index in [1.165, 1.54) is 0 Å². The molecule has 0 amide bonds. The molecule has 0 unspecified atom stereocenters. The topological polar surface area (TPSA) is 46.3 Å². The van der Waals surface area contributed by atoms with Gasteiger partial charge in [0.25, 0.3) is 0 Å². The Bertz CT molecular complexity index is 439. The second-order valence-electron chi connectivity index (χ2n) is 2.83. The van der Waals surface area contributed by atoms with Crippen LogP contribution in [0.3, 0.4) is 0 Å². The maximum atomic E-state index is 9.53. The number of aromatic nitrogens is 1. The average molecular weight is 210 g/mol. The summed E-state index contributed by atoms with van der Waals surface area (Å²) in [6.07, 6.45) is 0. The summed E-state index contributed by atoms with van der Waals surface area (Å²) >= 11 is 5.57. The van der Waals surface area contributed by atoms with E-state index >= 15 is 0 Å². The molecular formula is C10H8ClNO2. The van der Waals surface area contributed by atoms with Crippen molar-refractivity contribution in [2.75, 3.05) is 0 Å². The maximum Gasteiger partial charge on any atom is 0.152 e. The van der Waals surface area contributed by atoms with E-state index in [0.717, 1.165) is 0 Å². The molecule has 2 rings (SSSR count). The molecule has 0 atom stereocenters. The fourth-order valence-electron chi connectivity index (χ4n) is 1.19. The molecule has 3 nitrogen and oxygen atoms in total. The van der Waals surface area contributed by atoms with E-state index in [1.54, 1.807) is 24.3 Å². The standard InChI is InChI=1S/C10H8ClNO2/c11-6-7-5-9(12-14-7)8-3-1-2-4-10(8)13/h1-5,13H,6H2. The number of phenolic OH excluding ortho intramolecular Hbond substituents is 1. The summed E-state index contributed by atoms with van der Waals surface area (Å²) in [6.45, 7) is 0. The van der Waals surface area contributed by atoms with Gasteiger partial charge in [-0.2, -0.15) is 0 Å². The molecule has 0 aliphatic carbocycles. The van der Waals surface area contributed by atoms with Crippen LogP contribution in [0.1, 0.15) is 5.76 Å². The van der Waals surface area contributed by atoms with Crippen molar-refractivity contribution < 1.29 is 9.63 Å². The first-order valence-corrected chi connectivity index (χ1v) is 4.64. The van der Waals surface area contributed by atoms with Gasteiger partial charge in [0.1, 0.15) is 11.4 Å². The number of benzene rings is 1. The van der Waals surface area contributed by atoms with Gasteiger partial charge in [-0.1, -0.05) is 17.3 Å². The second-order valence-corrected chi connectivity index (χ2v) is 3.10. The van der Waals surface area contributed by atoms with Crippen LogP contribution in [0.25, 0.3) is 11.3 Å². The van der Waals surface area contributed by atoms with Crippen molar-refractivity contribution in [3.05, 3.63) is 36.1 Å². The molecule has 1 aromatic heterocycles. The van der Waals surface area contributed by atoms with E-state index in [2.05, 4.69) is 5.16 Å². The minimum Gasteiger partial charge on any atom is -0.507 e. The van der Waals surface area contributed by atoms with Crippen molar-refractivity contribution in [2.24, 2.45) is 0 Å². The van der Waals surface area contributed by atoms with Gasteiger partial charge in [-0.05, 0) is 12.1 Å². The zero-order valence-electron chi connectivity index (χ0n) is 7.27. The summed E-state index contributed by atoms with van der Waals surface area (Å²) in [4.78, 5) is 0. The molecule has 1 heterocycles. The summed E-state index contributed by atoms with van der Waals surface area (Å²) in [7, 11) is 0. The SMILES string of the molecule is Oc1ccccc1-c1cc(CCl)on1. The summed E-state index contributed by atoms with van der Waals surface area (Å²) in [6, 6.07) is 8.66. The Morgan fingerprint density at radius 2 is 2.14 bits per heavy atom. The van der Waals surface area contributed by atoms with Gasteiger partial charge in [-0.3, -0.25) is 0 Å².